The van der Waals surface area contributed by atoms with Crippen molar-refractivity contribution in [2.45, 2.75) is 40.3 Å². The summed E-state index contributed by atoms with van der Waals surface area (Å²) in [6.45, 7) is 9.81. The molecule has 0 aliphatic heterocycles. The summed E-state index contributed by atoms with van der Waals surface area (Å²) < 4.78 is 0. The second kappa shape index (κ2) is 2.51. The van der Waals surface area contributed by atoms with Gasteiger partial charge in [0.25, 0.3) is 0 Å². The lowest BCUT2D eigenvalue weighted by Crippen LogP contribution is -2.47. The van der Waals surface area contributed by atoms with Crippen molar-refractivity contribution in [1.82, 2.24) is 0 Å². The van der Waals surface area contributed by atoms with E-state index in [1.54, 1.807) is 6.92 Å². The number of hydrogen-bond acceptors (Lipinski definition) is 2. The van der Waals surface area contributed by atoms with Gasteiger partial charge in [-0.05, 0) is 12.3 Å². The van der Waals surface area contributed by atoms with Crippen molar-refractivity contribution in [3.8, 4) is 0 Å². The van der Waals surface area contributed by atoms with Gasteiger partial charge in [0.1, 0.15) is 5.72 Å². The summed E-state index contributed by atoms with van der Waals surface area (Å²) in [6.07, 6.45) is 0. The van der Waals surface area contributed by atoms with Gasteiger partial charge in [-0.3, -0.25) is 0 Å². The van der Waals surface area contributed by atoms with Crippen LogP contribution in [-0.2, 0) is 0 Å². The Hall–Kier alpha value is -0.0800. The Balaban J connectivity index is 4.23. The van der Waals surface area contributed by atoms with Gasteiger partial charge in [0, 0.05) is 5.92 Å². The molecule has 2 heteroatoms. The van der Waals surface area contributed by atoms with E-state index in [2.05, 4.69) is 20.8 Å². The largest absolute Gasteiger partial charge is 0.376 e. The molecule has 0 aliphatic rings. The summed E-state index contributed by atoms with van der Waals surface area (Å²) in [6, 6.07) is 0. The van der Waals surface area contributed by atoms with Crippen LogP contribution in [0.4, 0.5) is 0 Å². The normalized spacial score (nSPS) is 21.9. The maximum atomic E-state index is 9.40. The molecule has 0 radical (unpaired) electrons. The molecule has 0 aromatic heterocycles. The molecule has 0 spiro atoms. The summed E-state index contributed by atoms with van der Waals surface area (Å²) in [5.41, 5.74) is 4.53. The third-order valence-electron chi connectivity index (χ3n) is 2.18. The topological polar surface area (TPSA) is 46.2 Å². The van der Waals surface area contributed by atoms with Gasteiger partial charge in [0.05, 0.1) is 0 Å². The van der Waals surface area contributed by atoms with E-state index in [0.717, 1.165) is 0 Å². The number of hydrogen-bond donors (Lipinski definition) is 2. The van der Waals surface area contributed by atoms with Gasteiger partial charge >= 0.3 is 0 Å². The molecule has 10 heavy (non-hydrogen) atoms. The van der Waals surface area contributed by atoms with Crippen LogP contribution in [0.15, 0.2) is 0 Å². The van der Waals surface area contributed by atoms with Gasteiger partial charge in [0.15, 0.2) is 0 Å². The number of aliphatic hydroxyl groups is 1. The van der Waals surface area contributed by atoms with Crippen LogP contribution in [0.1, 0.15) is 34.6 Å². The fourth-order valence-electron chi connectivity index (χ4n) is 0.877. The van der Waals surface area contributed by atoms with Gasteiger partial charge in [-0.25, -0.2) is 0 Å². The van der Waals surface area contributed by atoms with E-state index in [0.29, 0.717) is 0 Å². The summed E-state index contributed by atoms with van der Waals surface area (Å²) >= 11 is 0. The van der Waals surface area contributed by atoms with E-state index in [-0.39, 0.29) is 11.3 Å². The molecule has 0 aromatic rings. The third kappa shape index (κ3) is 2.67. The Labute approximate surface area is 63.4 Å². The predicted octanol–water partition coefficient (Wildman–Crippen LogP) is 1.34. The Morgan fingerprint density at radius 2 is 1.50 bits per heavy atom. The fourth-order valence-corrected chi connectivity index (χ4v) is 0.877. The number of nitrogens with two attached hydrogens (primary N) is 1. The van der Waals surface area contributed by atoms with Crippen LogP contribution in [0.3, 0.4) is 0 Å². The highest BCUT2D eigenvalue weighted by Crippen LogP contribution is 2.31. The van der Waals surface area contributed by atoms with Crippen molar-refractivity contribution < 1.29 is 5.11 Å². The fraction of sp³-hybridized carbons (Fsp3) is 1.00. The maximum absolute atomic E-state index is 9.40. The van der Waals surface area contributed by atoms with Crippen LogP contribution in [-0.4, -0.2) is 10.8 Å². The third-order valence-corrected chi connectivity index (χ3v) is 2.18. The molecule has 62 valence electrons. The van der Waals surface area contributed by atoms with Crippen LogP contribution in [0.2, 0.25) is 0 Å². The first-order chi connectivity index (χ1) is 4.15. The van der Waals surface area contributed by atoms with Gasteiger partial charge in [0.2, 0.25) is 0 Å². The summed E-state index contributed by atoms with van der Waals surface area (Å²) in [5.74, 6) is 0.0972. The highest BCUT2D eigenvalue weighted by atomic mass is 16.3. The maximum Gasteiger partial charge on any atom is 0.113 e. The number of rotatable bonds is 1. The van der Waals surface area contributed by atoms with Crippen molar-refractivity contribution >= 4 is 0 Å². The molecule has 3 N–H and O–H groups in total. The molecule has 0 aromatic carbocycles. The monoisotopic (exact) mass is 145 g/mol. The zero-order chi connectivity index (χ0) is 8.58. The van der Waals surface area contributed by atoms with E-state index in [4.69, 9.17) is 5.73 Å². The molecular weight excluding hydrogens is 126 g/mol. The van der Waals surface area contributed by atoms with E-state index < -0.39 is 5.72 Å². The highest BCUT2D eigenvalue weighted by Gasteiger charge is 2.32. The van der Waals surface area contributed by atoms with Crippen molar-refractivity contribution in [1.29, 1.82) is 0 Å². The first-order valence-electron chi connectivity index (χ1n) is 3.67. The molecule has 0 heterocycles. The zero-order valence-electron chi connectivity index (χ0n) is 7.60. The molecule has 0 fully saturated rings. The van der Waals surface area contributed by atoms with E-state index in [1.807, 2.05) is 6.92 Å². The van der Waals surface area contributed by atoms with Gasteiger partial charge < -0.3 is 10.8 Å². The minimum Gasteiger partial charge on any atom is -0.376 e. The van der Waals surface area contributed by atoms with Crippen LogP contribution in [0.25, 0.3) is 0 Å². The van der Waals surface area contributed by atoms with Gasteiger partial charge in [-0.1, -0.05) is 27.7 Å². The Bertz CT molecular complexity index is 93.4. The standard InChI is InChI=1S/C8H19NO/c1-6(7(2,3)4)8(5,9)10/h6,10H,9H2,1-5H3. The molecule has 2 unspecified atom stereocenters. The van der Waals surface area contributed by atoms with E-state index >= 15 is 0 Å². The van der Waals surface area contributed by atoms with E-state index in [9.17, 15) is 5.11 Å². The molecule has 2 atom stereocenters. The lowest BCUT2D eigenvalue weighted by Gasteiger charge is -2.36. The van der Waals surface area contributed by atoms with Crippen LogP contribution in [0.5, 0.6) is 0 Å². The Morgan fingerprint density at radius 3 is 1.50 bits per heavy atom. The Morgan fingerprint density at radius 1 is 1.20 bits per heavy atom. The minimum atomic E-state index is -1.06. The molecule has 0 rings (SSSR count). The quantitative estimate of drug-likeness (QED) is 0.547. The second-order valence-electron chi connectivity index (χ2n) is 4.31. The Kier molecular flexibility index (Phi) is 2.49. The average molecular weight is 145 g/mol. The minimum absolute atomic E-state index is 0.0677. The lowest BCUT2D eigenvalue weighted by molar-refractivity contribution is -0.0332. The van der Waals surface area contributed by atoms with Crippen LogP contribution < -0.4 is 5.73 Å². The summed E-state index contributed by atoms with van der Waals surface area (Å²) in [5, 5.41) is 9.40. The van der Waals surface area contributed by atoms with E-state index in [1.165, 1.54) is 0 Å². The first-order valence-corrected chi connectivity index (χ1v) is 3.67. The molecule has 0 bridgehead atoms. The molecule has 0 aliphatic carbocycles. The van der Waals surface area contributed by atoms with Crippen molar-refractivity contribution in [2.24, 2.45) is 17.1 Å². The molecular formula is C8H19NO. The molecule has 0 amide bonds. The second-order valence-corrected chi connectivity index (χ2v) is 4.31. The zero-order valence-corrected chi connectivity index (χ0v) is 7.60. The van der Waals surface area contributed by atoms with Crippen molar-refractivity contribution in [3.63, 3.8) is 0 Å². The van der Waals surface area contributed by atoms with Crippen LogP contribution in [0, 0.1) is 11.3 Å². The molecule has 2 nitrogen and oxygen atoms in total. The van der Waals surface area contributed by atoms with Crippen molar-refractivity contribution in [3.05, 3.63) is 0 Å². The van der Waals surface area contributed by atoms with Gasteiger partial charge in [-0.15, -0.1) is 0 Å². The molecule has 0 saturated carbocycles. The average Bonchev–Trinajstić information content (AvgIpc) is 1.59. The highest BCUT2D eigenvalue weighted by molar-refractivity contribution is 4.81. The van der Waals surface area contributed by atoms with Gasteiger partial charge in [-0.2, -0.15) is 0 Å². The molecule has 0 saturated heterocycles. The predicted molar refractivity (Wildman–Crippen MR) is 43.4 cm³/mol. The van der Waals surface area contributed by atoms with Crippen LogP contribution >= 0.6 is 0 Å². The lowest BCUT2D eigenvalue weighted by atomic mass is 9.76. The smallest absolute Gasteiger partial charge is 0.113 e. The summed E-state index contributed by atoms with van der Waals surface area (Å²) in [7, 11) is 0. The van der Waals surface area contributed by atoms with Crippen molar-refractivity contribution in [2.75, 3.05) is 0 Å². The first kappa shape index (κ1) is 9.92. The SMILES string of the molecule is CC(C(C)(C)C)C(C)(N)O. The summed E-state index contributed by atoms with van der Waals surface area (Å²) in [4.78, 5) is 0.